The summed E-state index contributed by atoms with van der Waals surface area (Å²) in [6, 6.07) is 9.16. The van der Waals surface area contributed by atoms with E-state index in [-0.39, 0.29) is 0 Å². The summed E-state index contributed by atoms with van der Waals surface area (Å²) in [5.41, 5.74) is 1.91. The highest BCUT2D eigenvalue weighted by Crippen LogP contribution is 2.28. The minimum absolute atomic E-state index is 0.431. The second-order valence-electron chi connectivity index (χ2n) is 4.88. The number of furan rings is 1. The summed E-state index contributed by atoms with van der Waals surface area (Å²) < 4.78 is 5.54. The van der Waals surface area contributed by atoms with Gasteiger partial charge in [-0.25, -0.2) is 0 Å². The molecular formula is C15H14N2O3. The van der Waals surface area contributed by atoms with Crippen LogP contribution in [0.4, 0.5) is 11.4 Å². The van der Waals surface area contributed by atoms with Crippen molar-refractivity contribution >= 4 is 23.1 Å². The molecule has 1 N–H and O–H groups in total. The second kappa shape index (κ2) is 4.52. The molecule has 0 atom stereocenters. The van der Waals surface area contributed by atoms with Crippen molar-refractivity contribution in [1.82, 2.24) is 0 Å². The smallest absolute Gasteiger partial charge is 0.296 e. The molecule has 0 aliphatic carbocycles. The van der Waals surface area contributed by atoms with E-state index in [0.717, 1.165) is 17.2 Å². The largest absolute Gasteiger partial charge is 0.464 e. The van der Waals surface area contributed by atoms with Crippen LogP contribution >= 0.6 is 0 Å². The molecule has 0 radical (unpaired) electrons. The SMILES string of the molecule is Cc1ccc(CN(C)c2ccc3c(c2)NC(=O)C3=O)o1. The Balaban J connectivity index is 1.83. The number of hydrogen-bond acceptors (Lipinski definition) is 4. The van der Waals surface area contributed by atoms with Crippen molar-refractivity contribution in [2.75, 3.05) is 17.3 Å². The molecule has 3 rings (SSSR count). The van der Waals surface area contributed by atoms with Crippen molar-refractivity contribution in [3.8, 4) is 0 Å². The van der Waals surface area contributed by atoms with Crippen LogP contribution in [0.25, 0.3) is 0 Å². The number of anilines is 2. The van der Waals surface area contributed by atoms with Gasteiger partial charge in [-0.1, -0.05) is 0 Å². The van der Waals surface area contributed by atoms with Gasteiger partial charge < -0.3 is 14.6 Å². The zero-order chi connectivity index (χ0) is 14.3. The highest BCUT2D eigenvalue weighted by atomic mass is 16.3. The lowest BCUT2D eigenvalue weighted by atomic mass is 10.1. The number of carbonyl (C=O) groups is 2. The van der Waals surface area contributed by atoms with Gasteiger partial charge in [0.15, 0.2) is 0 Å². The zero-order valence-corrected chi connectivity index (χ0v) is 11.3. The van der Waals surface area contributed by atoms with E-state index in [0.29, 0.717) is 17.8 Å². The molecular weight excluding hydrogens is 256 g/mol. The van der Waals surface area contributed by atoms with Crippen molar-refractivity contribution < 1.29 is 14.0 Å². The molecule has 0 bridgehead atoms. The van der Waals surface area contributed by atoms with E-state index in [9.17, 15) is 9.59 Å². The molecule has 5 nitrogen and oxygen atoms in total. The van der Waals surface area contributed by atoms with Crippen LogP contribution in [0.3, 0.4) is 0 Å². The van der Waals surface area contributed by atoms with Crippen molar-refractivity contribution in [2.24, 2.45) is 0 Å². The fourth-order valence-electron chi connectivity index (χ4n) is 2.27. The molecule has 1 aromatic carbocycles. The number of nitrogens with zero attached hydrogens (tertiary/aromatic N) is 1. The van der Waals surface area contributed by atoms with Gasteiger partial charge in [0.1, 0.15) is 11.5 Å². The molecule has 0 unspecified atom stereocenters. The van der Waals surface area contributed by atoms with Gasteiger partial charge in [-0.2, -0.15) is 0 Å². The number of nitrogens with one attached hydrogen (secondary N) is 1. The minimum atomic E-state index is -0.568. The van der Waals surface area contributed by atoms with E-state index in [2.05, 4.69) is 5.32 Å². The quantitative estimate of drug-likeness (QED) is 0.870. The Kier molecular flexibility index (Phi) is 2.82. The van der Waals surface area contributed by atoms with Crippen LogP contribution in [0.5, 0.6) is 0 Å². The summed E-state index contributed by atoms with van der Waals surface area (Å²) in [5.74, 6) is 0.697. The van der Waals surface area contributed by atoms with Crippen molar-refractivity contribution in [2.45, 2.75) is 13.5 Å². The molecule has 1 aliphatic heterocycles. The third-order valence-corrected chi connectivity index (χ3v) is 3.33. The van der Waals surface area contributed by atoms with Gasteiger partial charge in [0, 0.05) is 12.7 Å². The Hall–Kier alpha value is -2.56. The van der Waals surface area contributed by atoms with Crippen LogP contribution in [0.1, 0.15) is 21.9 Å². The predicted octanol–water partition coefficient (Wildman–Crippen LogP) is 2.36. The highest BCUT2D eigenvalue weighted by Gasteiger charge is 2.28. The fraction of sp³-hybridized carbons (Fsp3) is 0.200. The van der Waals surface area contributed by atoms with E-state index in [1.807, 2.05) is 37.1 Å². The average Bonchev–Trinajstić information content (AvgIpc) is 2.94. The fourth-order valence-corrected chi connectivity index (χ4v) is 2.27. The van der Waals surface area contributed by atoms with Gasteiger partial charge in [-0.05, 0) is 37.3 Å². The van der Waals surface area contributed by atoms with Gasteiger partial charge >= 0.3 is 0 Å². The standard InChI is InChI=1S/C15H14N2O3/c1-9-3-5-11(20-9)8-17(2)10-4-6-12-13(7-10)16-15(19)14(12)18/h3-7H,8H2,1-2H3,(H,16,18,19). The number of hydrogen-bond donors (Lipinski definition) is 1. The summed E-state index contributed by atoms with van der Waals surface area (Å²) in [7, 11) is 1.93. The van der Waals surface area contributed by atoms with E-state index < -0.39 is 11.7 Å². The molecule has 5 heteroatoms. The summed E-state index contributed by atoms with van der Waals surface area (Å²) >= 11 is 0. The number of carbonyl (C=O) groups excluding carboxylic acids is 2. The summed E-state index contributed by atoms with van der Waals surface area (Å²) in [4.78, 5) is 24.8. The molecule has 20 heavy (non-hydrogen) atoms. The molecule has 0 saturated carbocycles. The molecule has 0 spiro atoms. The Morgan fingerprint density at radius 1 is 1.20 bits per heavy atom. The lowest BCUT2D eigenvalue weighted by Crippen LogP contribution is -2.16. The maximum Gasteiger partial charge on any atom is 0.296 e. The first-order chi connectivity index (χ1) is 9.54. The van der Waals surface area contributed by atoms with Crippen LogP contribution in [0, 0.1) is 6.92 Å². The third-order valence-electron chi connectivity index (χ3n) is 3.33. The number of Topliss-reactive ketones (excluding diaryl/α,β-unsaturated/α-hetero) is 1. The topological polar surface area (TPSA) is 62.6 Å². The summed E-state index contributed by atoms with van der Waals surface area (Å²) in [6.45, 7) is 2.52. The van der Waals surface area contributed by atoms with Gasteiger partial charge in [0.05, 0.1) is 17.8 Å². The molecule has 1 aliphatic rings. The van der Waals surface area contributed by atoms with Crippen LogP contribution < -0.4 is 10.2 Å². The molecule has 1 amide bonds. The summed E-state index contributed by atoms with van der Waals surface area (Å²) in [5, 5.41) is 2.57. The van der Waals surface area contributed by atoms with Crippen molar-refractivity contribution in [3.05, 3.63) is 47.4 Å². The first-order valence-corrected chi connectivity index (χ1v) is 6.31. The number of rotatable bonds is 3. The van der Waals surface area contributed by atoms with E-state index in [1.165, 1.54) is 0 Å². The normalized spacial score (nSPS) is 13.3. The molecule has 2 heterocycles. The van der Waals surface area contributed by atoms with Crippen LogP contribution in [0.2, 0.25) is 0 Å². The highest BCUT2D eigenvalue weighted by molar-refractivity contribution is 6.51. The number of amides is 1. The number of ketones is 1. The lowest BCUT2D eigenvalue weighted by molar-refractivity contribution is -0.112. The average molecular weight is 270 g/mol. The molecule has 102 valence electrons. The van der Waals surface area contributed by atoms with Crippen molar-refractivity contribution in [1.29, 1.82) is 0 Å². The van der Waals surface area contributed by atoms with E-state index in [4.69, 9.17) is 4.42 Å². The van der Waals surface area contributed by atoms with Gasteiger partial charge in [0.25, 0.3) is 11.7 Å². The van der Waals surface area contributed by atoms with Gasteiger partial charge in [-0.3, -0.25) is 9.59 Å². The maximum atomic E-state index is 11.5. The first-order valence-electron chi connectivity index (χ1n) is 6.31. The Morgan fingerprint density at radius 3 is 2.70 bits per heavy atom. The van der Waals surface area contributed by atoms with E-state index >= 15 is 0 Å². The Bertz CT molecular complexity index is 703. The monoisotopic (exact) mass is 270 g/mol. The predicted molar refractivity (Wildman–Crippen MR) is 75.0 cm³/mol. The number of benzene rings is 1. The molecule has 0 fully saturated rings. The van der Waals surface area contributed by atoms with Crippen LogP contribution in [-0.4, -0.2) is 18.7 Å². The van der Waals surface area contributed by atoms with Crippen molar-refractivity contribution in [3.63, 3.8) is 0 Å². The third kappa shape index (κ3) is 2.07. The first kappa shape index (κ1) is 12.5. The number of aryl methyl sites for hydroxylation is 1. The Morgan fingerprint density at radius 2 is 2.00 bits per heavy atom. The second-order valence-corrected chi connectivity index (χ2v) is 4.88. The zero-order valence-electron chi connectivity index (χ0n) is 11.3. The van der Waals surface area contributed by atoms with Crippen LogP contribution in [0.15, 0.2) is 34.7 Å². The minimum Gasteiger partial charge on any atom is -0.464 e. The van der Waals surface area contributed by atoms with E-state index in [1.54, 1.807) is 12.1 Å². The van der Waals surface area contributed by atoms with Gasteiger partial charge in [-0.15, -0.1) is 0 Å². The molecule has 1 aromatic heterocycles. The van der Waals surface area contributed by atoms with Crippen LogP contribution in [-0.2, 0) is 11.3 Å². The molecule has 0 saturated heterocycles. The molecule has 2 aromatic rings. The summed E-state index contributed by atoms with van der Waals surface area (Å²) in [6.07, 6.45) is 0. The Labute approximate surface area is 116 Å². The van der Waals surface area contributed by atoms with Gasteiger partial charge in [0.2, 0.25) is 0 Å². The lowest BCUT2D eigenvalue weighted by Gasteiger charge is -2.18. The number of fused-ring (bicyclic) bond motifs is 1. The maximum absolute atomic E-state index is 11.5.